The number of carbonyl (C=O) groups is 2. The first kappa shape index (κ1) is 15.5. The molecule has 1 heterocycles. The van der Waals surface area contributed by atoms with Crippen LogP contribution in [0.1, 0.15) is 16.1 Å². The van der Waals surface area contributed by atoms with E-state index in [0.717, 1.165) is 11.5 Å². The number of benzene rings is 2. The van der Waals surface area contributed by atoms with Crippen LogP contribution in [0, 0.1) is 5.82 Å². The highest BCUT2D eigenvalue weighted by Gasteiger charge is 2.10. The fourth-order valence-electron chi connectivity index (χ4n) is 2.12. The molecule has 0 saturated heterocycles. The number of hydrogen-bond donors (Lipinski definition) is 2. The van der Waals surface area contributed by atoms with Gasteiger partial charge in [-0.05, 0) is 30.3 Å². The van der Waals surface area contributed by atoms with E-state index in [4.69, 9.17) is 4.42 Å². The second-order valence-electron chi connectivity index (χ2n) is 4.94. The van der Waals surface area contributed by atoms with Crippen LogP contribution in [0.3, 0.4) is 0 Å². The van der Waals surface area contributed by atoms with Crippen molar-refractivity contribution in [3.63, 3.8) is 0 Å². The van der Waals surface area contributed by atoms with Gasteiger partial charge in [-0.15, -0.1) is 0 Å². The molecule has 24 heavy (non-hydrogen) atoms. The number of hydrogen-bond acceptors (Lipinski definition) is 3. The quantitative estimate of drug-likeness (QED) is 0.574. The van der Waals surface area contributed by atoms with E-state index in [1.54, 1.807) is 6.07 Å². The van der Waals surface area contributed by atoms with Crippen molar-refractivity contribution in [3.05, 3.63) is 77.8 Å². The molecule has 0 aliphatic carbocycles. The van der Waals surface area contributed by atoms with Crippen molar-refractivity contribution in [3.8, 4) is 0 Å². The molecule has 0 saturated carbocycles. The van der Waals surface area contributed by atoms with E-state index in [0.29, 0.717) is 11.3 Å². The van der Waals surface area contributed by atoms with Crippen molar-refractivity contribution in [1.29, 1.82) is 0 Å². The van der Waals surface area contributed by atoms with E-state index in [1.807, 2.05) is 24.3 Å². The lowest BCUT2D eigenvalue weighted by Crippen LogP contribution is -2.41. The van der Waals surface area contributed by atoms with E-state index >= 15 is 0 Å². The Morgan fingerprint density at radius 3 is 2.54 bits per heavy atom. The molecular formula is C18H13FN2O3. The average Bonchev–Trinajstić information content (AvgIpc) is 3.01. The molecule has 0 radical (unpaired) electrons. The third-order valence-electron chi connectivity index (χ3n) is 3.26. The highest BCUT2D eigenvalue weighted by atomic mass is 19.1. The lowest BCUT2D eigenvalue weighted by atomic mass is 10.2. The largest absolute Gasteiger partial charge is 0.457 e. The number of furan rings is 1. The summed E-state index contributed by atoms with van der Waals surface area (Å²) in [6.45, 7) is 0. The Kier molecular flexibility index (Phi) is 4.38. The van der Waals surface area contributed by atoms with Crippen LogP contribution in [0.15, 0.2) is 65.1 Å². The Morgan fingerprint density at radius 1 is 1.00 bits per heavy atom. The van der Waals surface area contributed by atoms with Gasteiger partial charge in [0.1, 0.15) is 17.2 Å². The summed E-state index contributed by atoms with van der Waals surface area (Å²) in [5.74, 6) is -1.47. The summed E-state index contributed by atoms with van der Waals surface area (Å²) in [4.78, 5) is 23.5. The van der Waals surface area contributed by atoms with Gasteiger partial charge in [-0.1, -0.05) is 30.3 Å². The first-order valence-corrected chi connectivity index (χ1v) is 7.15. The summed E-state index contributed by atoms with van der Waals surface area (Å²) in [6, 6.07) is 14.7. The maximum Gasteiger partial charge on any atom is 0.272 e. The number of fused-ring (bicyclic) bond motifs is 1. The van der Waals surface area contributed by atoms with Crippen LogP contribution in [0.5, 0.6) is 0 Å². The van der Waals surface area contributed by atoms with Gasteiger partial charge >= 0.3 is 0 Å². The van der Waals surface area contributed by atoms with Crippen molar-refractivity contribution in [2.45, 2.75) is 0 Å². The fourth-order valence-corrected chi connectivity index (χ4v) is 2.12. The molecule has 2 aromatic carbocycles. The molecule has 0 atom stereocenters. The number of rotatable bonds is 3. The molecule has 2 amide bonds. The first-order chi connectivity index (χ1) is 11.6. The van der Waals surface area contributed by atoms with Gasteiger partial charge in [0.05, 0.1) is 5.56 Å². The Bertz CT molecular complexity index is 898. The lowest BCUT2D eigenvalue weighted by Gasteiger charge is -2.05. The summed E-state index contributed by atoms with van der Waals surface area (Å²) < 4.78 is 19.0. The molecule has 6 heteroatoms. The SMILES string of the molecule is O=C(/C=C/c1cc2ccccc2o1)NNC(=O)c1ccccc1F. The Balaban J connectivity index is 1.59. The molecule has 0 bridgehead atoms. The van der Waals surface area contributed by atoms with Gasteiger partial charge in [-0.3, -0.25) is 20.4 Å². The van der Waals surface area contributed by atoms with Gasteiger partial charge in [-0.2, -0.15) is 0 Å². The molecule has 2 N–H and O–H groups in total. The summed E-state index contributed by atoms with van der Waals surface area (Å²) in [5, 5.41) is 0.922. The van der Waals surface area contributed by atoms with E-state index in [2.05, 4.69) is 10.9 Å². The van der Waals surface area contributed by atoms with Crippen molar-refractivity contribution in [2.75, 3.05) is 0 Å². The summed E-state index contributed by atoms with van der Waals surface area (Å²) in [5.41, 5.74) is 4.88. The van der Waals surface area contributed by atoms with Crippen LogP contribution in [0.2, 0.25) is 0 Å². The van der Waals surface area contributed by atoms with Crippen LogP contribution < -0.4 is 10.9 Å². The number of nitrogens with one attached hydrogen (secondary N) is 2. The molecule has 1 aromatic heterocycles. The van der Waals surface area contributed by atoms with Crippen molar-refractivity contribution in [2.24, 2.45) is 0 Å². The van der Waals surface area contributed by atoms with Gasteiger partial charge in [-0.25, -0.2) is 4.39 Å². The molecule has 3 rings (SSSR count). The van der Waals surface area contributed by atoms with E-state index < -0.39 is 17.6 Å². The third-order valence-corrected chi connectivity index (χ3v) is 3.26. The number of carbonyl (C=O) groups excluding carboxylic acids is 2. The number of hydrazine groups is 1. The topological polar surface area (TPSA) is 71.3 Å². The maximum absolute atomic E-state index is 13.4. The summed E-state index contributed by atoms with van der Waals surface area (Å²) >= 11 is 0. The minimum Gasteiger partial charge on any atom is -0.457 e. The number of halogens is 1. The zero-order valence-corrected chi connectivity index (χ0v) is 12.5. The van der Waals surface area contributed by atoms with E-state index in [1.165, 1.54) is 30.4 Å². The molecule has 0 spiro atoms. The van der Waals surface area contributed by atoms with Gasteiger partial charge in [0.2, 0.25) is 0 Å². The van der Waals surface area contributed by atoms with Crippen molar-refractivity contribution < 1.29 is 18.4 Å². The molecule has 0 fully saturated rings. The Labute approximate surface area is 136 Å². The Morgan fingerprint density at radius 2 is 1.75 bits per heavy atom. The fraction of sp³-hybridized carbons (Fsp3) is 0. The van der Waals surface area contributed by atoms with Crippen LogP contribution in [-0.4, -0.2) is 11.8 Å². The molecular weight excluding hydrogens is 311 g/mol. The zero-order chi connectivity index (χ0) is 16.9. The monoisotopic (exact) mass is 324 g/mol. The third kappa shape index (κ3) is 3.49. The molecule has 3 aromatic rings. The highest BCUT2D eigenvalue weighted by molar-refractivity contribution is 5.98. The summed E-state index contributed by atoms with van der Waals surface area (Å²) in [6.07, 6.45) is 2.68. The minimum absolute atomic E-state index is 0.154. The minimum atomic E-state index is -0.737. The van der Waals surface area contributed by atoms with Gasteiger partial charge in [0.15, 0.2) is 0 Å². The predicted molar refractivity (Wildman–Crippen MR) is 87.3 cm³/mol. The number of para-hydroxylation sites is 1. The van der Waals surface area contributed by atoms with Crippen molar-refractivity contribution >= 4 is 28.9 Å². The van der Waals surface area contributed by atoms with Gasteiger partial charge in [0, 0.05) is 11.5 Å². The lowest BCUT2D eigenvalue weighted by molar-refractivity contribution is -0.117. The highest BCUT2D eigenvalue weighted by Crippen LogP contribution is 2.19. The van der Waals surface area contributed by atoms with Gasteiger partial charge < -0.3 is 4.42 Å². The zero-order valence-electron chi connectivity index (χ0n) is 12.5. The molecule has 120 valence electrons. The maximum atomic E-state index is 13.4. The second kappa shape index (κ2) is 6.78. The molecule has 0 unspecified atom stereocenters. The van der Waals surface area contributed by atoms with Crippen LogP contribution in [0.25, 0.3) is 17.0 Å². The van der Waals surface area contributed by atoms with Crippen molar-refractivity contribution in [1.82, 2.24) is 10.9 Å². The standard InChI is InChI=1S/C18H13FN2O3/c19-15-7-3-2-6-14(15)18(23)21-20-17(22)10-9-13-11-12-5-1-4-8-16(12)24-13/h1-11H,(H,20,22)(H,21,23)/b10-9+. The second-order valence-corrected chi connectivity index (χ2v) is 4.94. The summed E-state index contributed by atoms with van der Waals surface area (Å²) in [7, 11) is 0. The molecule has 5 nitrogen and oxygen atoms in total. The van der Waals surface area contributed by atoms with Gasteiger partial charge in [0.25, 0.3) is 11.8 Å². The van der Waals surface area contributed by atoms with E-state index in [-0.39, 0.29) is 5.56 Å². The van der Waals surface area contributed by atoms with Crippen LogP contribution >= 0.6 is 0 Å². The first-order valence-electron chi connectivity index (χ1n) is 7.15. The average molecular weight is 324 g/mol. The smallest absolute Gasteiger partial charge is 0.272 e. The Hall–Kier alpha value is -3.41. The molecule has 0 aliphatic rings. The number of amides is 2. The van der Waals surface area contributed by atoms with Crippen LogP contribution in [-0.2, 0) is 4.79 Å². The van der Waals surface area contributed by atoms with E-state index in [9.17, 15) is 14.0 Å². The normalized spacial score (nSPS) is 10.9. The predicted octanol–water partition coefficient (Wildman–Crippen LogP) is 3.05. The molecule has 0 aliphatic heterocycles. The van der Waals surface area contributed by atoms with Crippen LogP contribution in [0.4, 0.5) is 4.39 Å².